The van der Waals surface area contributed by atoms with Crippen molar-refractivity contribution in [3.05, 3.63) is 99.0 Å². The number of rotatable bonds is 5. The predicted molar refractivity (Wildman–Crippen MR) is 130 cm³/mol. The van der Waals surface area contributed by atoms with Gasteiger partial charge in [-0.2, -0.15) is 5.26 Å². The lowest BCUT2D eigenvalue weighted by Gasteiger charge is -2.46. The van der Waals surface area contributed by atoms with Crippen LogP contribution in [0.25, 0.3) is 0 Å². The Morgan fingerprint density at radius 1 is 1.03 bits per heavy atom. The maximum atomic E-state index is 10.3. The van der Waals surface area contributed by atoms with Crippen LogP contribution < -0.4 is 4.90 Å². The molecule has 1 N–H and O–H groups in total. The van der Waals surface area contributed by atoms with E-state index in [1.807, 2.05) is 37.3 Å². The Hall–Kier alpha value is -2.55. The van der Waals surface area contributed by atoms with E-state index in [1.165, 1.54) is 0 Å². The fraction of sp³-hybridized carbons (Fsp3) is 0.269. The van der Waals surface area contributed by atoms with E-state index in [4.69, 9.17) is 28.5 Å². The number of nitriles is 1. The minimum Gasteiger partial charge on any atom is -0.394 e. The molecular weight excluding hydrogens is 441 g/mol. The first-order valence-electron chi connectivity index (χ1n) is 10.6. The Morgan fingerprint density at radius 2 is 1.75 bits per heavy atom. The first-order chi connectivity index (χ1) is 15.5. The summed E-state index contributed by atoms with van der Waals surface area (Å²) in [4.78, 5) is 4.65. The van der Waals surface area contributed by atoms with E-state index in [1.54, 1.807) is 12.1 Å². The minimum atomic E-state index is -0.145. The Morgan fingerprint density at radius 3 is 2.38 bits per heavy atom. The molecule has 0 amide bonds. The van der Waals surface area contributed by atoms with E-state index in [0.717, 1.165) is 47.0 Å². The number of aryl methyl sites for hydroxylation is 1. The summed E-state index contributed by atoms with van der Waals surface area (Å²) < 4.78 is 0. The largest absolute Gasteiger partial charge is 0.394 e. The van der Waals surface area contributed by atoms with E-state index < -0.39 is 0 Å². The highest BCUT2D eigenvalue weighted by molar-refractivity contribution is 6.33. The zero-order valence-electron chi connectivity index (χ0n) is 17.9. The smallest absolute Gasteiger partial charge is 0.0991 e. The summed E-state index contributed by atoms with van der Waals surface area (Å²) in [7, 11) is 0. The highest BCUT2D eigenvalue weighted by atomic mass is 35.5. The second-order valence-corrected chi connectivity index (χ2v) is 8.99. The molecule has 0 aromatic heterocycles. The molecule has 0 aliphatic carbocycles. The first-order valence-corrected chi connectivity index (χ1v) is 11.4. The van der Waals surface area contributed by atoms with Crippen LogP contribution in [0.2, 0.25) is 10.0 Å². The van der Waals surface area contributed by atoms with Gasteiger partial charge in [0.1, 0.15) is 0 Å². The van der Waals surface area contributed by atoms with Crippen LogP contribution in [0, 0.1) is 18.3 Å². The third-order valence-electron chi connectivity index (χ3n) is 6.12. The SMILES string of the molecule is Cc1ccc(N2CCN(C(CO)c3ccc(C#N)cc3)CC2c2ccc(Cl)cc2)c(Cl)c1. The van der Waals surface area contributed by atoms with Crippen LogP contribution in [0.4, 0.5) is 5.69 Å². The number of hydrogen-bond donors (Lipinski definition) is 1. The van der Waals surface area contributed by atoms with Crippen molar-refractivity contribution in [1.82, 2.24) is 4.90 Å². The maximum absolute atomic E-state index is 10.3. The van der Waals surface area contributed by atoms with Gasteiger partial charge in [0, 0.05) is 24.7 Å². The van der Waals surface area contributed by atoms with Crippen molar-refractivity contribution in [3.63, 3.8) is 0 Å². The quantitative estimate of drug-likeness (QED) is 0.519. The molecule has 6 heteroatoms. The molecule has 32 heavy (non-hydrogen) atoms. The molecule has 1 aliphatic heterocycles. The number of aliphatic hydroxyl groups excluding tert-OH is 1. The number of aliphatic hydroxyl groups is 1. The fourth-order valence-electron chi connectivity index (χ4n) is 4.40. The molecule has 1 fully saturated rings. The molecule has 0 spiro atoms. The molecule has 3 aromatic rings. The molecule has 2 atom stereocenters. The summed E-state index contributed by atoms with van der Waals surface area (Å²) in [6.45, 7) is 4.30. The van der Waals surface area contributed by atoms with E-state index in [0.29, 0.717) is 10.6 Å². The van der Waals surface area contributed by atoms with Gasteiger partial charge in [-0.25, -0.2) is 0 Å². The Labute approximate surface area is 199 Å². The molecule has 0 bridgehead atoms. The van der Waals surface area contributed by atoms with Gasteiger partial charge in [-0.1, -0.05) is 53.5 Å². The van der Waals surface area contributed by atoms with Crippen LogP contribution in [0.15, 0.2) is 66.7 Å². The number of benzene rings is 3. The summed E-state index contributed by atoms with van der Waals surface area (Å²) >= 11 is 12.8. The second kappa shape index (κ2) is 9.94. The number of anilines is 1. The van der Waals surface area contributed by atoms with E-state index in [-0.39, 0.29) is 18.7 Å². The number of hydrogen-bond acceptors (Lipinski definition) is 4. The second-order valence-electron chi connectivity index (χ2n) is 8.14. The van der Waals surface area contributed by atoms with Gasteiger partial charge in [0.2, 0.25) is 0 Å². The summed E-state index contributed by atoms with van der Waals surface area (Å²) in [5, 5.41) is 20.8. The van der Waals surface area contributed by atoms with Gasteiger partial charge in [-0.05, 0) is 60.0 Å². The van der Waals surface area contributed by atoms with E-state index >= 15 is 0 Å². The normalized spacial score (nSPS) is 17.7. The van der Waals surface area contributed by atoms with Gasteiger partial charge in [0.15, 0.2) is 0 Å². The molecule has 4 nitrogen and oxygen atoms in total. The van der Waals surface area contributed by atoms with Crippen LogP contribution in [-0.4, -0.2) is 36.2 Å². The van der Waals surface area contributed by atoms with Gasteiger partial charge in [0.25, 0.3) is 0 Å². The Kier molecular flexibility index (Phi) is 7.03. The third kappa shape index (κ3) is 4.77. The molecule has 0 saturated carbocycles. The minimum absolute atomic E-state index is 0.00449. The number of piperazine rings is 1. The molecule has 2 unspecified atom stereocenters. The number of nitrogens with zero attached hydrogens (tertiary/aromatic N) is 3. The summed E-state index contributed by atoms with van der Waals surface area (Å²) in [5.41, 5.74) is 4.90. The standard InChI is InChI=1S/C26H25Cl2N3O/c1-18-2-11-24(23(28)14-18)31-13-12-30(16-25(31)20-7-9-22(27)10-8-20)26(17-32)21-5-3-19(15-29)4-6-21/h2-11,14,25-26,32H,12-13,16-17H2,1H3. The van der Waals surface area contributed by atoms with Crippen LogP contribution in [-0.2, 0) is 0 Å². The monoisotopic (exact) mass is 465 g/mol. The van der Waals surface area contributed by atoms with Crippen LogP contribution in [0.5, 0.6) is 0 Å². The maximum Gasteiger partial charge on any atom is 0.0991 e. The summed E-state index contributed by atoms with van der Waals surface area (Å²) in [5.74, 6) is 0. The van der Waals surface area contributed by atoms with Crippen molar-refractivity contribution < 1.29 is 5.11 Å². The lowest BCUT2D eigenvalue weighted by Crippen LogP contribution is -2.50. The van der Waals surface area contributed by atoms with Gasteiger partial charge in [-0.15, -0.1) is 0 Å². The highest BCUT2D eigenvalue weighted by Gasteiger charge is 2.33. The first kappa shape index (κ1) is 22.6. The fourth-order valence-corrected chi connectivity index (χ4v) is 4.87. The molecule has 1 saturated heterocycles. The highest BCUT2D eigenvalue weighted by Crippen LogP contribution is 2.38. The molecule has 1 aliphatic rings. The van der Waals surface area contributed by atoms with Crippen molar-refractivity contribution in [2.24, 2.45) is 0 Å². The molecule has 164 valence electrons. The summed E-state index contributed by atoms with van der Waals surface area (Å²) in [6, 6.07) is 23.6. The Balaban J connectivity index is 1.67. The zero-order chi connectivity index (χ0) is 22.7. The van der Waals surface area contributed by atoms with Crippen molar-refractivity contribution in [2.75, 3.05) is 31.1 Å². The van der Waals surface area contributed by atoms with Crippen molar-refractivity contribution >= 4 is 28.9 Å². The zero-order valence-corrected chi connectivity index (χ0v) is 19.4. The van der Waals surface area contributed by atoms with Crippen LogP contribution in [0.1, 0.15) is 34.3 Å². The third-order valence-corrected chi connectivity index (χ3v) is 6.67. The van der Waals surface area contributed by atoms with Gasteiger partial charge in [0.05, 0.1) is 41.0 Å². The van der Waals surface area contributed by atoms with Crippen molar-refractivity contribution in [3.8, 4) is 6.07 Å². The van der Waals surface area contributed by atoms with Gasteiger partial charge >= 0.3 is 0 Å². The van der Waals surface area contributed by atoms with Crippen molar-refractivity contribution in [2.45, 2.75) is 19.0 Å². The predicted octanol–water partition coefficient (Wildman–Crippen LogP) is 5.77. The van der Waals surface area contributed by atoms with E-state index in [2.05, 4.69) is 40.1 Å². The van der Waals surface area contributed by atoms with E-state index in [9.17, 15) is 5.11 Å². The molecule has 1 heterocycles. The topological polar surface area (TPSA) is 50.5 Å². The summed E-state index contributed by atoms with van der Waals surface area (Å²) in [6.07, 6.45) is 0. The molecule has 4 rings (SSSR count). The van der Waals surface area contributed by atoms with Crippen LogP contribution in [0.3, 0.4) is 0 Å². The molecule has 3 aromatic carbocycles. The lowest BCUT2D eigenvalue weighted by atomic mass is 9.97. The van der Waals surface area contributed by atoms with Crippen molar-refractivity contribution in [1.29, 1.82) is 5.26 Å². The number of halogens is 2. The average Bonchev–Trinajstić information content (AvgIpc) is 2.81. The lowest BCUT2D eigenvalue weighted by molar-refractivity contribution is 0.103. The molecule has 0 radical (unpaired) electrons. The average molecular weight is 466 g/mol. The Bertz CT molecular complexity index is 1110. The van der Waals surface area contributed by atoms with Crippen LogP contribution >= 0.6 is 23.2 Å². The molecular formula is C26H25Cl2N3O. The van der Waals surface area contributed by atoms with Gasteiger partial charge in [-0.3, -0.25) is 4.90 Å². The van der Waals surface area contributed by atoms with Gasteiger partial charge < -0.3 is 10.0 Å².